The molecule has 0 unspecified atom stereocenters. The van der Waals surface area contributed by atoms with Crippen molar-refractivity contribution in [3.05, 3.63) is 93.9 Å². The third-order valence-electron chi connectivity index (χ3n) is 12.9. The number of hydrogen-bond donors (Lipinski definition) is 3. The van der Waals surface area contributed by atoms with Gasteiger partial charge in [-0.1, -0.05) is 29.8 Å². The Bertz CT molecular complexity index is 2620. The molecule has 1 aliphatic carbocycles. The van der Waals surface area contributed by atoms with E-state index in [9.17, 15) is 23.6 Å². The van der Waals surface area contributed by atoms with E-state index in [1.165, 1.54) is 21.2 Å². The van der Waals surface area contributed by atoms with Crippen molar-refractivity contribution in [3.63, 3.8) is 0 Å². The van der Waals surface area contributed by atoms with Crippen LogP contribution in [0.15, 0.2) is 60.9 Å². The number of aromatic nitrogens is 4. The Morgan fingerprint density at radius 1 is 0.967 bits per heavy atom. The lowest BCUT2D eigenvalue weighted by atomic mass is 9.72. The quantitative estimate of drug-likeness (QED) is 0.173. The SMILES string of the molecule is CNc1cc(N2CCc3c(-c4ccc(CN5CC6(CCN(C(=O)c7cc(C)c(Cl)c(N8CCC(=O)NC8=O)c7)CC6)C5)cn4)cccc32)nn2c(C(=O)N[C@@H]3C[C@@H]3F)cnc12. The van der Waals surface area contributed by atoms with E-state index in [0.717, 1.165) is 67.1 Å². The highest BCUT2D eigenvalue weighted by molar-refractivity contribution is 6.35. The lowest BCUT2D eigenvalue weighted by Gasteiger charge is -2.54. The number of benzene rings is 2. The lowest BCUT2D eigenvalue weighted by molar-refractivity contribution is -0.120. The zero-order valence-electron chi connectivity index (χ0n) is 33.9. The Kier molecular flexibility index (Phi) is 9.66. The van der Waals surface area contributed by atoms with E-state index in [2.05, 4.69) is 55.0 Å². The van der Waals surface area contributed by atoms with Crippen LogP contribution < -0.4 is 25.8 Å². The Balaban J connectivity index is 0.771. The lowest BCUT2D eigenvalue weighted by Crippen LogP contribution is -2.60. The second-order valence-corrected chi connectivity index (χ2v) is 17.3. The van der Waals surface area contributed by atoms with Crippen molar-refractivity contribution in [3.8, 4) is 11.3 Å². The first kappa shape index (κ1) is 39.0. The Labute approximate surface area is 356 Å². The molecule has 10 rings (SSSR count). The molecule has 2 aromatic carbocycles. The summed E-state index contributed by atoms with van der Waals surface area (Å²) in [6.07, 6.45) is 5.55. The molecule has 4 aliphatic heterocycles. The summed E-state index contributed by atoms with van der Waals surface area (Å²) in [7, 11) is 1.80. The minimum Gasteiger partial charge on any atom is -0.385 e. The van der Waals surface area contributed by atoms with Crippen LogP contribution in [0.1, 0.15) is 63.2 Å². The van der Waals surface area contributed by atoms with Gasteiger partial charge in [-0.2, -0.15) is 0 Å². The van der Waals surface area contributed by atoms with E-state index in [1.807, 2.05) is 30.2 Å². The molecular weight excluding hydrogens is 801 g/mol. The number of nitrogens with one attached hydrogen (secondary N) is 3. The van der Waals surface area contributed by atoms with Gasteiger partial charge < -0.3 is 20.4 Å². The van der Waals surface area contributed by atoms with Crippen LogP contribution in [0.25, 0.3) is 16.9 Å². The zero-order chi connectivity index (χ0) is 42.2. The number of nitrogens with zero attached hydrogens (tertiary/aromatic N) is 8. The Morgan fingerprint density at radius 2 is 1.75 bits per heavy atom. The molecule has 0 bridgehead atoms. The van der Waals surface area contributed by atoms with E-state index in [0.29, 0.717) is 59.4 Å². The van der Waals surface area contributed by atoms with E-state index in [4.69, 9.17) is 21.7 Å². The molecule has 15 nitrogen and oxygen atoms in total. The fourth-order valence-corrected chi connectivity index (χ4v) is 9.60. The van der Waals surface area contributed by atoms with Crippen LogP contribution in [0, 0.1) is 12.3 Å². The van der Waals surface area contributed by atoms with Gasteiger partial charge in [0.05, 0.1) is 34.3 Å². The predicted octanol–water partition coefficient (Wildman–Crippen LogP) is 5.51. The number of amides is 5. The third-order valence-corrected chi connectivity index (χ3v) is 13.3. The number of piperidine rings is 1. The highest BCUT2D eigenvalue weighted by Crippen LogP contribution is 2.43. The van der Waals surface area contributed by atoms with Crippen LogP contribution >= 0.6 is 11.6 Å². The molecule has 3 saturated heterocycles. The summed E-state index contributed by atoms with van der Waals surface area (Å²) < 4.78 is 15.1. The molecule has 5 aromatic rings. The molecule has 7 heterocycles. The maximum absolute atomic E-state index is 13.7. The molecule has 3 aromatic heterocycles. The van der Waals surface area contributed by atoms with Crippen molar-refractivity contribution in [2.24, 2.45) is 5.41 Å². The smallest absolute Gasteiger partial charge is 0.328 e. The number of anilines is 4. The molecule has 314 valence electrons. The average Bonchev–Trinajstić information content (AvgIpc) is 3.56. The summed E-state index contributed by atoms with van der Waals surface area (Å²) in [5, 5.41) is 13.5. The molecule has 1 spiro atoms. The van der Waals surface area contributed by atoms with Gasteiger partial charge in [-0.15, -0.1) is 5.10 Å². The van der Waals surface area contributed by atoms with Gasteiger partial charge in [-0.05, 0) is 72.6 Å². The number of rotatable bonds is 9. The fourth-order valence-electron chi connectivity index (χ4n) is 9.39. The van der Waals surface area contributed by atoms with E-state index in [-0.39, 0.29) is 35.9 Å². The van der Waals surface area contributed by atoms with E-state index < -0.39 is 24.2 Å². The summed E-state index contributed by atoms with van der Waals surface area (Å²) in [5.74, 6) is -0.147. The largest absolute Gasteiger partial charge is 0.385 e. The molecule has 2 atom stereocenters. The third kappa shape index (κ3) is 7.10. The van der Waals surface area contributed by atoms with Gasteiger partial charge in [0.15, 0.2) is 17.2 Å². The molecule has 1 saturated carbocycles. The van der Waals surface area contributed by atoms with Crippen molar-refractivity contribution < 1.29 is 23.6 Å². The van der Waals surface area contributed by atoms with Gasteiger partial charge in [0.25, 0.3) is 11.8 Å². The number of aryl methyl sites for hydroxylation is 1. The second kappa shape index (κ2) is 15.1. The van der Waals surface area contributed by atoms with Crippen molar-refractivity contribution in [1.29, 1.82) is 0 Å². The van der Waals surface area contributed by atoms with Gasteiger partial charge >= 0.3 is 6.03 Å². The number of imidazole rings is 1. The summed E-state index contributed by atoms with van der Waals surface area (Å²) in [6, 6.07) is 14.8. The topological polar surface area (TPSA) is 160 Å². The molecule has 61 heavy (non-hydrogen) atoms. The van der Waals surface area contributed by atoms with Gasteiger partial charge in [0, 0.05) is 94.8 Å². The Hall–Kier alpha value is -6.13. The number of fused-ring (bicyclic) bond motifs is 2. The minimum absolute atomic E-state index is 0.0816. The first-order chi connectivity index (χ1) is 29.5. The number of urea groups is 1. The van der Waals surface area contributed by atoms with Gasteiger partial charge in [-0.3, -0.25) is 34.5 Å². The Morgan fingerprint density at radius 3 is 2.48 bits per heavy atom. The van der Waals surface area contributed by atoms with Crippen LogP contribution in [-0.4, -0.2) is 112 Å². The molecule has 4 fully saturated rings. The molecule has 5 amide bonds. The minimum atomic E-state index is -1.01. The number of carbonyl (C=O) groups excluding carboxylic acids is 4. The summed E-state index contributed by atoms with van der Waals surface area (Å²) >= 11 is 6.59. The maximum atomic E-state index is 13.7. The number of likely N-dealkylation sites (tertiary alicyclic amines) is 2. The molecule has 17 heteroatoms. The monoisotopic (exact) mass is 845 g/mol. The highest BCUT2D eigenvalue weighted by Gasteiger charge is 2.45. The fraction of sp³-hybridized carbons (Fsp3) is 0.386. The normalized spacial score (nSPS) is 20.8. The van der Waals surface area contributed by atoms with E-state index >= 15 is 0 Å². The van der Waals surface area contributed by atoms with Crippen molar-refractivity contribution in [1.82, 2.24) is 40.0 Å². The van der Waals surface area contributed by atoms with Gasteiger partial charge in [-0.25, -0.2) is 18.7 Å². The standard InChI is InChI=1S/C44H45ClFN11O4/c1-25-16-27(17-35(39(25)45)56-13-9-38(58)51-43(56)61)42(60)54-14-10-44(11-15-54)23-53(24-44)22-26-6-7-31(48-20-26)28-4-3-5-34-29(28)8-12-55(34)37-19-33(47-2)40-49-21-36(57(40)52-37)41(59)50-32-18-30(32)46/h3-7,16-17,19-21,30,32,47H,8-15,18,22-24H2,1-2H3,(H,50,59)(H,51,58,61)/t30-,32+/m0/s1. The van der Waals surface area contributed by atoms with Crippen LogP contribution in [0.2, 0.25) is 5.02 Å². The molecule has 0 radical (unpaired) electrons. The average molecular weight is 846 g/mol. The number of halogens is 2. The number of carbonyl (C=O) groups is 4. The molecular formula is C44H45ClFN11O4. The van der Waals surface area contributed by atoms with Crippen molar-refractivity contribution in [2.75, 3.05) is 61.4 Å². The first-order valence-electron chi connectivity index (χ1n) is 20.8. The molecule has 5 aliphatic rings. The van der Waals surface area contributed by atoms with Crippen molar-refractivity contribution in [2.45, 2.75) is 57.8 Å². The summed E-state index contributed by atoms with van der Waals surface area (Å²) in [4.78, 5) is 68.3. The van der Waals surface area contributed by atoms with Gasteiger partial charge in [0.2, 0.25) is 5.91 Å². The molecule has 3 N–H and O–H groups in total. The summed E-state index contributed by atoms with van der Waals surface area (Å²) in [6.45, 7) is 6.76. The number of hydrogen-bond acceptors (Lipinski definition) is 10. The number of pyridine rings is 1. The van der Waals surface area contributed by atoms with E-state index in [1.54, 1.807) is 19.2 Å². The van der Waals surface area contributed by atoms with Crippen LogP contribution in [0.4, 0.5) is 32.1 Å². The van der Waals surface area contributed by atoms with Gasteiger partial charge in [0.1, 0.15) is 6.17 Å². The number of imide groups is 1. The second-order valence-electron chi connectivity index (χ2n) is 17.0. The van der Waals surface area contributed by atoms with Crippen LogP contribution in [0.3, 0.4) is 0 Å². The predicted molar refractivity (Wildman–Crippen MR) is 228 cm³/mol. The maximum Gasteiger partial charge on any atom is 0.328 e. The number of alkyl halides is 1. The first-order valence-corrected chi connectivity index (χ1v) is 21.1. The summed E-state index contributed by atoms with van der Waals surface area (Å²) in [5.41, 5.74) is 8.60. The van der Waals surface area contributed by atoms with Crippen molar-refractivity contribution >= 4 is 63.9 Å². The van der Waals surface area contributed by atoms with Crippen LogP contribution in [-0.2, 0) is 17.8 Å². The van der Waals surface area contributed by atoms with Crippen LogP contribution in [0.5, 0.6) is 0 Å². The highest BCUT2D eigenvalue weighted by atomic mass is 35.5. The zero-order valence-corrected chi connectivity index (χ0v) is 34.6.